The number of hydrogen-bond acceptors (Lipinski definition) is 19. The number of carboxylic acids is 2. The molecule has 0 heterocycles. The minimum absolute atomic E-state index is 0. The summed E-state index contributed by atoms with van der Waals surface area (Å²) in [6, 6.07) is 86.6. The van der Waals surface area contributed by atoms with Gasteiger partial charge in [-0.15, -0.1) is 0 Å². The summed E-state index contributed by atoms with van der Waals surface area (Å²) in [5, 5.41) is 36.1. The molecule has 0 spiro atoms. The summed E-state index contributed by atoms with van der Waals surface area (Å²) >= 11 is 10.8. The van der Waals surface area contributed by atoms with Crippen LogP contribution >= 0.6 is 57.5 Å². The van der Waals surface area contributed by atoms with E-state index in [1.807, 2.05) is 54.6 Å². The van der Waals surface area contributed by atoms with Gasteiger partial charge in [0.2, 0.25) is 0 Å². The van der Waals surface area contributed by atoms with Crippen LogP contribution in [0.4, 0.5) is 0 Å². The first-order valence-electron chi connectivity index (χ1n) is 33.5. The van der Waals surface area contributed by atoms with Crippen molar-refractivity contribution in [2.75, 3.05) is 35.5 Å². The Morgan fingerprint density at radius 3 is 1.06 bits per heavy atom. The topological polar surface area (TPSA) is 310 Å². The number of alkyl halides is 1. The number of nitrogens with zero attached hydrogens (tertiary/aromatic N) is 1. The number of aryl methyl sites for hydroxylation is 2. The largest absolute Gasteiger partial charge is 1.00 e. The monoisotopic (exact) mass is 1710 g/mol. The molecule has 0 aliphatic rings. The number of rotatable bonds is 22. The zero-order valence-electron chi connectivity index (χ0n) is 63.6. The molecule has 11 aromatic rings. The summed E-state index contributed by atoms with van der Waals surface area (Å²) in [6.45, 7) is 7.52. The van der Waals surface area contributed by atoms with Crippen molar-refractivity contribution >= 4 is 165 Å². The quantitative estimate of drug-likeness (QED) is 0.00801. The standard InChI is InChI=1S/C28H24BrO3P.C18H15P.C10H9BrO3.C10H8O4.C10H10O3.C9H8O4.2CH4O.BHNS/c1-32-28(31)22-17-18-23(20-30)24(19-22)21-33(29,25-11-5-2-6-12-25,26-13-7-3-8-14-26)27-15-9-4-10-16-27;1-4-10-16(11-5-1)19(17-12-6-2-7-13-17)18-14-8-3-9-15-18;1-14-10(13)7-2-3-8(6-12)9(4-7)5-11;1-2-7-5-8(10(12)13)3-4-9(7)14-6-11;1-7-5-8(10(12)13-2)3-4-9(7)6-11;1-6-4-7(9(11)12)2-3-8(6)13-5-10;2*1-2;1-2-3/h2-20H,21H2,1H3;1-15H;2-4,6H,5H2,1H3;2-6H,1H2,(H,12,13);3-6H,1-2H3;2-5H,1H3,(H,11,12);2*2H,1H3;3H/p+1. The molecule has 4 N–H and O–H groups in total. The second-order valence-corrected chi connectivity index (χ2v) is 34.6. The van der Waals surface area contributed by atoms with Gasteiger partial charge in [0.25, 0.3) is 12.9 Å². The minimum Gasteiger partial charge on any atom is -0.0622 e. The second-order valence-electron chi connectivity index (χ2n) is 22.6. The molecular weight excluding hydrogens is 1630 g/mol. The third-order valence-corrected chi connectivity index (χ3v) is 28.5. The molecule has 0 fully saturated rings. The van der Waals surface area contributed by atoms with Crippen LogP contribution in [0.15, 0.2) is 284 Å². The Bertz CT molecular complexity index is 4720. The first-order chi connectivity index (χ1) is 54.6. The third-order valence-electron chi connectivity index (χ3n) is 16.0. The summed E-state index contributed by atoms with van der Waals surface area (Å²) in [5.41, 5.74) is 6.79. The molecule has 0 saturated heterocycles. The van der Waals surface area contributed by atoms with Gasteiger partial charge in [-0.1, -0.05) is 132 Å². The summed E-state index contributed by atoms with van der Waals surface area (Å²) in [5.74, 6) is -2.58. The average Bonchev–Trinajstić information content (AvgIpc) is 0.702. The van der Waals surface area contributed by atoms with E-state index < -0.39 is 37.1 Å². The molecule has 1 radical (unpaired) electrons. The van der Waals surface area contributed by atoms with Crippen LogP contribution < -0.4 is 41.3 Å². The number of aromatic carboxylic acids is 2. The molecule has 0 atom stereocenters. The van der Waals surface area contributed by atoms with E-state index in [0.717, 1.165) is 65.7 Å². The van der Waals surface area contributed by atoms with Crippen molar-refractivity contribution in [3.8, 4) is 11.5 Å². The van der Waals surface area contributed by atoms with Crippen LogP contribution in [0.5, 0.6) is 11.5 Å². The van der Waals surface area contributed by atoms with Gasteiger partial charge in [0.1, 0.15) is 24.1 Å². The molecule has 20 nitrogen and oxygen atoms in total. The average molecular weight is 1710 g/mol. The van der Waals surface area contributed by atoms with Gasteiger partial charge in [-0.2, -0.15) is 0 Å². The van der Waals surface area contributed by atoms with Gasteiger partial charge in [0.05, 0.1) is 36.5 Å². The summed E-state index contributed by atoms with van der Waals surface area (Å²) in [6.07, 6.45) is 4.31. The van der Waals surface area contributed by atoms with Gasteiger partial charge in [0.15, 0.2) is 0 Å². The fourth-order valence-corrected chi connectivity index (χ4v) is 21.1. The number of aldehydes is 3. The number of methoxy groups -OCH3 is 3. The molecule has 583 valence electrons. The van der Waals surface area contributed by atoms with Gasteiger partial charge in [-0.05, 0) is 115 Å². The van der Waals surface area contributed by atoms with E-state index in [1.54, 1.807) is 68.4 Å². The van der Waals surface area contributed by atoms with Crippen LogP contribution in [0.2, 0.25) is 0 Å². The number of aliphatic hydroxyl groups is 2. The molecule has 0 unspecified atom stereocenters. The zero-order chi connectivity index (χ0) is 83.8. The van der Waals surface area contributed by atoms with E-state index in [0.29, 0.717) is 74.0 Å². The van der Waals surface area contributed by atoms with E-state index in [2.05, 4.69) is 209 Å². The Morgan fingerprint density at radius 2 is 0.743 bits per heavy atom. The fraction of sp³-hybridized carbons (Fsp3) is 0.103. The molecule has 113 heavy (non-hydrogen) atoms. The van der Waals surface area contributed by atoms with E-state index in [1.165, 1.54) is 79.7 Å². The predicted octanol–water partition coefficient (Wildman–Crippen LogP) is 15.1. The number of halogens is 2. The molecule has 0 saturated carbocycles. The second kappa shape index (κ2) is 51.8. The van der Waals surface area contributed by atoms with Crippen molar-refractivity contribution in [2.24, 2.45) is 4.30 Å². The van der Waals surface area contributed by atoms with Crippen molar-refractivity contribution in [2.45, 2.75) is 25.3 Å². The number of carboxylic acid groups (broad SMARTS) is 2. The Labute approximate surface area is 682 Å². The molecule has 0 aromatic heterocycles. The maximum Gasteiger partial charge on any atom is 1.00 e. The molecule has 0 bridgehead atoms. The van der Waals surface area contributed by atoms with E-state index in [9.17, 15) is 47.9 Å². The number of carbonyl (C=O) groups excluding carboxylic acids is 8. The maximum absolute atomic E-state index is 12.3. The number of hydrogen-bond donors (Lipinski definition) is 5. The van der Waals surface area contributed by atoms with Crippen LogP contribution in [0.25, 0.3) is 6.08 Å². The van der Waals surface area contributed by atoms with Gasteiger partial charge in [0, 0.05) is 36.2 Å². The Morgan fingerprint density at radius 1 is 0.442 bits per heavy atom. The van der Waals surface area contributed by atoms with Crippen molar-refractivity contribution in [1.29, 1.82) is 0 Å². The van der Waals surface area contributed by atoms with Crippen molar-refractivity contribution in [3.63, 3.8) is 0 Å². The molecule has 0 aliphatic heterocycles. The number of aliphatic hydroxyl groups excluding tert-OH is 2. The van der Waals surface area contributed by atoms with Gasteiger partial charge in [-0.3, -0.25) is 19.2 Å². The summed E-state index contributed by atoms with van der Waals surface area (Å²) < 4.78 is 26.0. The molecule has 11 rings (SSSR count). The van der Waals surface area contributed by atoms with Gasteiger partial charge >= 0.3 is 253 Å². The Kier molecular flexibility index (Phi) is 43.8. The molecule has 0 aliphatic carbocycles. The predicted molar refractivity (Wildman–Crippen MR) is 459 cm³/mol. The molecular formula is C87H84BBr2NO19P2S+. The van der Waals surface area contributed by atoms with Crippen LogP contribution in [0, 0.1) is 13.8 Å². The zero-order valence-corrected chi connectivity index (χ0v) is 68.5. The van der Waals surface area contributed by atoms with Crippen molar-refractivity contribution in [1.82, 2.24) is 0 Å². The van der Waals surface area contributed by atoms with Crippen LogP contribution in [-0.2, 0) is 35.3 Å². The maximum atomic E-state index is 12.3. The molecule has 11 aromatic carbocycles. The SMILES string of the molecule is C=Cc1cc(C(=O)O)ccc1OC=O.CO.CO.COC(=O)c1ccc(C=O)c(C)c1.COC(=O)c1ccc(C=O)c(CBr)c1.COC(=O)c1ccc(C=O)c(CP(Br)(c2ccccc2)(c2ccccc2)c2ccccc2)c1.Cc1cc(C(=O)O)ccc1OC=O.[B]=NS.[H+].c1ccc(P(c2ccccc2)c2ccccc2)cc1. The third kappa shape index (κ3) is 28.3. The first-order valence-corrected chi connectivity index (χ1v) is 40.8. The van der Waals surface area contributed by atoms with Gasteiger partial charge in [-0.25, -0.2) is 19.2 Å². The van der Waals surface area contributed by atoms with Crippen LogP contribution in [0.1, 0.15) is 112 Å². The molecule has 26 heteroatoms. The van der Waals surface area contributed by atoms with E-state index in [4.69, 9.17) is 25.2 Å². The number of thiol groups is 1. The molecule has 0 amide bonds. The minimum atomic E-state index is -3.30. The van der Waals surface area contributed by atoms with E-state index >= 15 is 0 Å². The van der Waals surface area contributed by atoms with Crippen molar-refractivity contribution < 1.29 is 93.5 Å². The Balaban J connectivity index is 0.000000475. The normalized spacial score (nSPS) is 10.1. The van der Waals surface area contributed by atoms with Crippen LogP contribution in [0.3, 0.4) is 0 Å². The number of esters is 3. The number of ether oxygens (including phenoxy) is 5. The summed E-state index contributed by atoms with van der Waals surface area (Å²) in [7, 11) is 9.90. The van der Waals surface area contributed by atoms with Gasteiger partial charge < -0.3 is 39.4 Å². The number of carbonyl (C=O) groups is 10. The smallest absolute Gasteiger partial charge is 0.0622 e. The summed E-state index contributed by atoms with van der Waals surface area (Å²) in [4.78, 5) is 109. The first kappa shape index (κ1) is 95.6. The van der Waals surface area contributed by atoms with E-state index in [-0.39, 0.29) is 25.0 Å². The number of benzene rings is 11. The van der Waals surface area contributed by atoms with Crippen LogP contribution in [-0.4, -0.2) is 125 Å². The fourth-order valence-electron chi connectivity index (χ4n) is 10.6. The van der Waals surface area contributed by atoms with Crippen molar-refractivity contribution in [3.05, 3.63) is 352 Å². The Hall–Kier alpha value is -11.6.